The molecule has 16 heavy (non-hydrogen) atoms. The van der Waals surface area contributed by atoms with Gasteiger partial charge < -0.3 is 10.8 Å². The predicted octanol–water partition coefficient (Wildman–Crippen LogP) is 1.57. The number of halogens is 1. The summed E-state index contributed by atoms with van der Waals surface area (Å²) in [6, 6.07) is 6.19. The number of rotatable bonds is 2. The fourth-order valence-electron chi connectivity index (χ4n) is 0.571. The number of hydrogen-bond acceptors (Lipinski definition) is 3. The molecule has 0 aliphatic heterocycles. The van der Waals surface area contributed by atoms with Gasteiger partial charge in [0, 0.05) is 22.6 Å². The Morgan fingerprint density at radius 2 is 1.94 bits per heavy atom. The second-order valence-electron chi connectivity index (χ2n) is 2.77. The molecule has 0 amide bonds. The first-order valence-corrected chi connectivity index (χ1v) is 4.55. The van der Waals surface area contributed by atoms with Gasteiger partial charge in [0.15, 0.2) is 6.29 Å². The van der Waals surface area contributed by atoms with Crippen LogP contribution in [0.3, 0.4) is 0 Å². The topological polar surface area (TPSA) is 80.4 Å². The first kappa shape index (κ1) is 17.5. The van der Waals surface area contributed by atoms with Crippen molar-refractivity contribution in [3.8, 4) is 0 Å². The molecule has 1 atom stereocenters. The number of aliphatic carboxylic acids is 1. The third kappa shape index (κ3) is 7.42. The van der Waals surface area contributed by atoms with E-state index in [1.54, 1.807) is 24.3 Å². The zero-order valence-corrected chi connectivity index (χ0v) is 10.2. The molecule has 0 spiro atoms. The van der Waals surface area contributed by atoms with E-state index in [1.165, 1.54) is 6.92 Å². The quantitative estimate of drug-likeness (QED) is 0.640. The van der Waals surface area contributed by atoms with Crippen LogP contribution in [0.4, 0.5) is 0 Å². The summed E-state index contributed by atoms with van der Waals surface area (Å²) in [6.45, 7) is 1.42. The maximum absolute atomic E-state index is 10.1. The van der Waals surface area contributed by atoms with Crippen molar-refractivity contribution in [2.75, 3.05) is 0 Å². The van der Waals surface area contributed by atoms with Crippen LogP contribution in [0.2, 0.25) is 5.02 Å². The Bertz CT molecular complexity index is 345. The van der Waals surface area contributed by atoms with Crippen molar-refractivity contribution in [3.63, 3.8) is 0 Å². The molecule has 0 aromatic heterocycles. The Morgan fingerprint density at radius 1 is 1.50 bits per heavy atom. The summed E-state index contributed by atoms with van der Waals surface area (Å²) in [4.78, 5) is 19.7. The minimum atomic E-state index is -0.963. The van der Waals surface area contributed by atoms with Crippen LogP contribution in [0.25, 0.3) is 0 Å². The van der Waals surface area contributed by atoms with Crippen LogP contribution < -0.4 is 5.73 Å². The first-order valence-electron chi connectivity index (χ1n) is 4.17. The predicted molar refractivity (Wildman–Crippen MR) is 58.1 cm³/mol. The second kappa shape index (κ2) is 9.36. The zero-order chi connectivity index (χ0) is 11.8. The van der Waals surface area contributed by atoms with Gasteiger partial charge in [-0.05, 0) is 13.0 Å². The molecular weight excluding hydrogens is 281 g/mol. The number of carboxylic acids is 1. The van der Waals surface area contributed by atoms with Gasteiger partial charge in [0.2, 0.25) is 0 Å². The zero-order valence-electron chi connectivity index (χ0n) is 8.48. The standard InChI is InChI=1S/C7H5ClO.C3H7NO2.Cu/c8-7-4-2-1-3-6(7)5-9;1-2(4)3(5)6;/h1-5H;2H,4H2,1H3,(H,5,6);/t;2-;/m.0./s1. The number of carbonyl (C=O) groups is 2. The minimum absolute atomic E-state index is 0. The summed E-state index contributed by atoms with van der Waals surface area (Å²) >= 11 is 5.59. The molecule has 6 heteroatoms. The van der Waals surface area contributed by atoms with E-state index < -0.39 is 12.0 Å². The molecule has 93 valence electrons. The molecule has 4 nitrogen and oxygen atoms in total. The molecule has 0 saturated heterocycles. The Kier molecular flexibility index (Phi) is 10.3. The van der Waals surface area contributed by atoms with Gasteiger partial charge in [-0.25, -0.2) is 0 Å². The molecule has 0 aliphatic carbocycles. The largest absolute Gasteiger partial charge is 0.480 e. The van der Waals surface area contributed by atoms with Gasteiger partial charge >= 0.3 is 5.97 Å². The van der Waals surface area contributed by atoms with E-state index in [-0.39, 0.29) is 17.1 Å². The monoisotopic (exact) mass is 292 g/mol. The van der Waals surface area contributed by atoms with Gasteiger partial charge in [0.25, 0.3) is 0 Å². The Hall–Kier alpha value is -0.871. The maximum Gasteiger partial charge on any atom is 0.320 e. The number of nitrogens with two attached hydrogens (primary N) is 1. The van der Waals surface area contributed by atoms with Gasteiger partial charge in [0.05, 0.1) is 5.02 Å². The van der Waals surface area contributed by atoms with Crippen LogP contribution in [0.5, 0.6) is 0 Å². The van der Waals surface area contributed by atoms with Crippen LogP contribution in [0.1, 0.15) is 17.3 Å². The number of benzene rings is 1. The van der Waals surface area contributed by atoms with Gasteiger partial charge in [-0.2, -0.15) is 0 Å². The Morgan fingerprint density at radius 3 is 2.19 bits per heavy atom. The van der Waals surface area contributed by atoms with Gasteiger partial charge in [-0.3, -0.25) is 9.59 Å². The average Bonchev–Trinajstić information content (AvgIpc) is 2.19. The van der Waals surface area contributed by atoms with Gasteiger partial charge in [0.1, 0.15) is 6.04 Å². The number of carbonyl (C=O) groups excluding carboxylic acids is 1. The van der Waals surface area contributed by atoms with Gasteiger partial charge in [-0.15, -0.1) is 0 Å². The molecule has 0 saturated carbocycles. The Balaban J connectivity index is 0. The number of hydrogen-bond donors (Lipinski definition) is 2. The van der Waals surface area contributed by atoms with E-state index in [0.717, 1.165) is 6.29 Å². The van der Waals surface area contributed by atoms with Gasteiger partial charge in [-0.1, -0.05) is 29.8 Å². The number of carboxylic acid groups (broad SMARTS) is 1. The molecule has 0 aliphatic rings. The van der Waals surface area contributed by atoms with Crippen molar-refractivity contribution in [1.29, 1.82) is 0 Å². The fraction of sp³-hybridized carbons (Fsp3) is 0.200. The van der Waals surface area contributed by atoms with Crippen molar-refractivity contribution >= 4 is 23.9 Å². The minimum Gasteiger partial charge on any atom is -0.480 e. The van der Waals surface area contributed by atoms with E-state index in [9.17, 15) is 9.59 Å². The Labute approximate surface area is 109 Å². The second-order valence-corrected chi connectivity index (χ2v) is 3.17. The molecule has 0 bridgehead atoms. The van der Waals surface area contributed by atoms with Crippen molar-refractivity contribution in [3.05, 3.63) is 34.9 Å². The summed E-state index contributed by atoms with van der Waals surface area (Å²) in [5.74, 6) is -0.963. The van der Waals surface area contributed by atoms with E-state index >= 15 is 0 Å². The summed E-state index contributed by atoms with van der Waals surface area (Å²) in [5.41, 5.74) is 5.38. The molecule has 1 aromatic rings. The summed E-state index contributed by atoms with van der Waals surface area (Å²) < 4.78 is 0. The summed E-state index contributed by atoms with van der Waals surface area (Å²) in [5, 5.41) is 8.37. The SMILES string of the molecule is C[C@H](N)C(=O)O.O=Cc1ccccc1Cl.[Cu]. The van der Waals surface area contributed by atoms with Crippen molar-refractivity contribution < 1.29 is 31.8 Å². The molecule has 0 fully saturated rings. The molecular formula is C10H12ClCuNO3. The molecule has 1 rings (SSSR count). The van der Waals surface area contributed by atoms with E-state index in [1.807, 2.05) is 0 Å². The van der Waals surface area contributed by atoms with E-state index in [4.69, 9.17) is 22.4 Å². The molecule has 1 aromatic carbocycles. The third-order valence-corrected chi connectivity index (χ3v) is 1.77. The van der Waals surface area contributed by atoms with Crippen LogP contribution >= 0.6 is 11.6 Å². The van der Waals surface area contributed by atoms with Crippen LogP contribution in [-0.2, 0) is 21.9 Å². The summed E-state index contributed by atoms with van der Waals surface area (Å²) in [7, 11) is 0. The maximum atomic E-state index is 10.1. The third-order valence-electron chi connectivity index (χ3n) is 1.42. The summed E-state index contributed by atoms with van der Waals surface area (Å²) in [6.07, 6.45) is 0.738. The first-order chi connectivity index (χ1) is 6.99. The average molecular weight is 293 g/mol. The number of aldehydes is 1. The molecule has 0 heterocycles. The normalized spacial score (nSPS) is 10.2. The fourth-order valence-corrected chi connectivity index (χ4v) is 0.751. The van der Waals surface area contributed by atoms with Crippen LogP contribution in [0.15, 0.2) is 24.3 Å². The van der Waals surface area contributed by atoms with E-state index in [0.29, 0.717) is 10.6 Å². The molecule has 1 radical (unpaired) electrons. The van der Waals surface area contributed by atoms with Crippen molar-refractivity contribution in [2.45, 2.75) is 13.0 Å². The molecule has 0 unspecified atom stereocenters. The van der Waals surface area contributed by atoms with Crippen molar-refractivity contribution in [1.82, 2.24) is 0 Å². The van der Waals surface area contributed by atoms with Crippen molar-refractivity contribution in [2.24, 2.45) is 5.73 Å². The van der Waals surface area contributed by atoms with Crippen LogP contribution in [-0.4, -0.2) is 23.4 Å². The van der Waals surface area contributed by atoms with Crippen LogP contribution in [0, 0.1) is 0 Å². The van der Waals surface area contributed by atoms with E-state index in [2.05, 4.69) is 0 Å². The smallest absolute Gasteiger partial charge is 0.320 e. The molecule has 3 N–H and O–H groups in total.